The molecule has 11 rings (SSSR count). The summed E-state index contributed by atoms with van der Waals surface area (Å²) in [6.45, 7) is 2.24. The Morgan fingerprint density at radius 2 is 1.17 bits per heavy atom. The summed E-state index contributed by atoms with van der Waals surface area (Å²) < 4.78 is 12.8. The fraction of sp³-hybridized carbons (Fsp3) is 0.0625. The first-order valence-electron chi connectivity index (χ1n) is 18.0. The third-order valence-corrected chi connectivity index (χ3v) is 10.8. The van der Waals surface area contributed by atoms with Crippen LogP contribution in [0.15, 0.2) is 161 Å². The van der Waals surface area contributed by atoms with Gasteiger partial charge in [0.2, 0.25) is 0 Å². The molecule has 250 valence electrons. The molecule has 2 unspecified atom stereocenters. The first-order chi connectivity index (χ1) is 26.2. The molecule has 0 N–H and O–H groups in total. The molecule has 0 saturated carbocycles. The van der Waals surface area contributed by atoms with Crippen LogP contribution in [0.25, 0.3) is 94.4 Å². The van der Waals surface area contributed by atoms with Crippen LogP contribution in [-0.2, 0) is 0 Å². The zero-order valence-corrected chi connectivity index (χ0v) is 28.8. The zero-order chi connectivity index (χ0) is 35.0. The summed E-state index contributed by atoms with van der Waals surface area (Å²) >= 11 is 0. The topological polar surface area (TPSA) is 65.0 Å². The van der Waals surface area contributed by atoms with Gasteiger partial charge in [-0.2, -0.15) is 0 Å². The van der Waals surface area contributed by atoms with Crippen LogP contribution in [0.2, 0.25) is 0 Å². The van der Waals surface area contributed by atoms with Crippen molar-refractivity contribution in [3.63, 3.8) is 0 Å². The van der Waals surface area contributed by atoms with E-state index in [-0.39, 0.29) is 11.8 Å². The summed E-state index contributed by atoms with van der Waals surface area (Å²) in [6, 6.07) is 50.7. The van der Waals surface area contributed by atoms with Crippen molar-refractivity contribution >= 4 is 60.5 Å². The number of hydrogen-bond acceptors (Lipinski definition) is 5. The summed E-state index contributed by atoms with van der Waals surface area (Å²) in [7, 11) is 0. The van der Waals surface area contributed by atoms with Crippen LogP contribution in [0.1, 0.15) is 30.0 Å². The second-order valence-corrected chi connectivity index (χ2v) is 14.0. The maximum absolute atomic E-state index is 6.65. The molecule has 0 fully saturated rings. The van der Waals surface area contributed by atoms with Crippen molar-refractivity contribution in [2.75, 3.05) is 0 Å². The molecule has 3 aromatic heterocycles. The molecule has 3 heterocycles. The molecular weight excluding hydrogens is 651 g/mol. The van der Waals surface area contributed by atoms with E-state index in [1.165, 1.54) is 21.5 Å². The summed E-state index contributed by atoms with van der Waals surface area (Å²) in [6.07, 6.45) is 4.33. The van der Waals surface area contributed by atoms with Gasteiger partial charge >= 0.3 is 0 Å². The molecule has 0 radical (unpaired) electrons. The molecule has 1 aliphatic carbocycles. The smallest absolute Gasteiger partial charge is 0.163 e. The van der Waals surface area contributed by atoms with Crippen molar-refractivity contribution in [2.24, 2.45) is 5.92 Å². The van der Waals surface area contributed by atoms with E-state index in [4.69, 9.17) is 23.8 Å². The highest BCUT2D eigenvalue weighted by molar-refractivity contribution is 6.10. The van der Waals surface area contributed by atoms with Crippen LogP contribution in [0.4, 0.5) is 0 Å². The molecular formula is C48H31N3O2. The molecule has 10 aromatic rings. The van der Waals surface area contributed by atoms with Crippen molar-refractivity contribution in [3.8, 4) is 33.9 Å². The lowest BCUT2D eigenvalue weighted by Crippen LogP contribution is -2.18. The molecule has 0 bridgehead atoms. The lowest BCUT2D eigenvalue weighted by molar-refractivity contribution is 0.545. The van der Waals surface area contributed by atoms with E-state index in [0.29, 0.717) is 17.5 Å². The lowest BCUT2D eigenvalue weighted by atomic mass is 9.79. The highest BCUT2D eigenvalue weighted by atomic mass is 16.3. The molecule has 0 saturated heterocycles. The largest absolute Gasteiger partial charge is 0.456 e. The molecule has 53 heavy (non-hydrogen) atoms. The van der Waals surface area contributed by atoms with Gasteiger partial charge in [0.1, 0.15) is 28.3 Å². The molecule has 0 spiro atoms. The van der Waals surface area contributed by atoms with E-state index in [1.54, 1.807) is 0 Å². The summed E-state index contributed by atoms with van der Waals surface area (Å²) in [5.74, 6) is 2.74. The van der Waals surface area contributed by atoms with Gasteiger partial charge in [0.25, 0.3) is 0 Å². The van der Waals surface area contributed by atoms with E-state index >= 15 is 0 Å². The van der Waals surface area contributed by atoms with Crippen molar-refractivity contribution in [1.82, 2.24) is 15.0 Å². The Hall–Kier alpha value is -6.85. The Morgan fingerprint density at radius 3 is 2.06 bits per heavy atom. The maximum atomic E-state index is 6.65. The Balaban J connectivity index is 1.13. The van der Waals surface area contributed by atoms with E-state index in [9.17, 15) is 0 Å². The van der Waals surface area contributed by atoms with Crippen LogP contribution >= 0.6 is 0 Å². The van der Waals surface area contributed by atoms with Crippen LogP contribution in [-0.4, -0.2) is 15.0 Å². The highest BCUT2D eigenvalue weighted by Gasteiger charge is 2.34. The second-order valence-electron chi connectivity index (χ2n) is 14.0. The first kappa shape index (κ1) is 29.8. The number of furan rings is 2. The van der Waals surface area contributed by atoms with Crippen LogP contribution < -0.4 is 0 Å². The predicted octanol–water partition coefficient (Wildman–Crippen LogP) is 12.6. The van der Waals surface area contributed by atoms with E-state index in [0.717, 1.165) is 66.5 Å². The van der Waals surface area contributed by atoms with Gasteiger partial charge in [-0.15, -0.1) is 0 Å². The summed E-state index contributed by atoms with van der Waals surface area (Å²) in [4.78, 5) is 15.7. The van der Waals surface area contributed by atoms with Gasteiger partial charge in [0.05, 0.1) is 5.92 Å². The third-order valence-electron chi connectivity index (χ3n) is 10.8. The number of para-hydroxylation sites is 1. The molecule has 5 heteroatoms. The summed E-state index contributed by atoms with van der Waals surface area (Å²) in [5, 5.41) is 8.12. The molecule has 2 atom stereocenters. The number of rotatable bonds is 4. The number of fused-ring (bicyclic) bond motifs is 9. The fourth-order valence-corrected chi connectivity index (χ4v) is 8.25. The quantitative estimate of drug-likeness (QED) is 0.173. The van der Waals surface area contributed by atoms with Crippen molar-refractivity contribution in [1.29, 1.82) is 0 Å². The van der Waals surface area contributed by atoms with E-state index < -0.39 is 0 Å². The van der Waals surface area contributed by atoms with Gasteiger partial charge in [-0.25, -0.2) is 15.0 Å². The van der Waals surface area contributed by atoms with Gasteiger partial charge < -0.3 is 8.83 Å². The highest BCUT2D eigenvalue weighted by Crippen LogP contribution is 2.47. The summed E-state index contributed by atoms with van der Waals surface area (Å²) in [5.41, 5.74) is 7.77. The van der Waals surface area contributed by atoms with Crippen molar-refractivity contribution < 1.29 is 8.83 Å². The first-order valence-corrected chi connectivity index (χ1v) is 18.0. The number of allylic oxidation sites excluding steroid dienone is 1. The average Bonchev–Trinajstić information content (AvgIpc) is 3.79. The SMILES string of the molecule is CC1C=Cc2oc3cccc(-c4ccc5ccc6ccccc6c5c4)c3c2C1c1nc(-c2ccccc2)nc(-c2ccc3oc4ccccc4c3c2)n1. The number of nitrogens with zero attached hydrogens (tertiary/aromatic N) is 3. The maximum Gasteiger partial charge on any atom is 0.163 e. The Labute approximate surface area is 304 Å². The minimum atomic E-state index is -0.179. The van der Waals surface area contributed by atoms with E-state index in [1.807, 2.05) is 48.5 Å². The fourth-order valence-electron chi connectivity index (χ4n) is 8.25. The minimum Gasteiger partial charge on any atom is -0.456 e. The molecule has 5 nitrogen and oxygen atoms in total. The van der Waals surface area contributed by atoms with Crippen LogP contribution in [0.3, 0.4) is 0 Å². The normalized spacial score (nSPS) is 15.6. The number of aromatic nitrogens is 3. The zero-order valence-electron chi connectivity index (χ0n) is 28.8. The van der Waals surface area contributed by atoms with E-state index in [2.05, 4.69) is 116 Å². The number of hydrogen-bond donors (Lipinski definition) is 0. The van der Waals surface area contributed by atoms with Gasteiger partial charge in [0, 0.05) is 32.8 Å². The lowest BCUT2D eigenvalue weighted by Gasteiger charge is -2.25. The van der Waals surface area contributed by atoms with Gasteiger partial charge in [0.15, 0.2) is 11.6 Å². The van der Waals surface area contributed by atoms with Gasteiger partial charge in [-0.1, -0.05) is 122 Å². The monoisotopic (exact) mass is 681 g/mol. The van der Waals surface area contributed by atoms with Crippen LogP contribution in [0, 0.1) is 5.92 Å². The Bertz CT molecular complexity index is 3100. The van der Waals surface area contributed by atoms with Crippen molar-refractivity contribution in [3.05, 3.63) is 169 Å². The second kappa shape index (κ2) is 11.6. The molecule has 1 aliphatic rings. The average molecular weight is 682 g/mol. The molecule has 7 aromatic carbocycles. The Morgan fingerprint density at radius 1 is 0.491 bits per heavy atom. The van der Waals surface area contributed by atoms with Gasteiger partial charge in [-0.05, 0) is 81.1 Å². The molecule has 0 amide bonds. The standard InChI is InChI=1S/C48H31N3O2/c1-28-18-24-42-45(44-35(15-9-17-41(44)53-42)32-22-21-30-20-19-29-10-5-6-13-34(29)37(30)26-32)43(28)48-50-46(31-11-3-2-4-12-31)49-47(51-48)33-23-25-40-38(27-33)36-14-7-8-16-39(36)52-40/h2-28,43H,1H3. The predicted molar refractivity (Wildman–Crippen MR) is 215 cm³/mol. The number of benzene rings is 7. The van der Waals surface area contributed by atoms with Crippen LogP contribution in [0.5, 0.6) is 0 Å². The third kappa shape index (κ3) is 4.74. The van der Waals surface area contributed by atoms with Gasteiger partial charge in [-0.3, -0.25) is 0 Å². The minimum absolute atomic E-state index is 0.0936. The van der Waals surface area contributed by atoms with Crippen molar-refractivity contribution in [2.45, 2.75) is 12.8 Å². The molecule has 0 aliphatic heterocycles. The Kier molecular flexibility index (Phi) is 6.52.